The van der Waals surface area contributed by atoms with E-state index >= 15 is 0 Å². The van der Waals surface area contributed by atoms with Crippen molar-refractivity contribution >= 4 is 40.8 Å². The molecule has 0 saturated heterocycles. The van der Waals surface area contributed by atoms with E-state index in [4.69, 9.17) is 4.42 Å². The predicted octanol–water partition coefficient (Wildman–Crippen LogP) is 8.00. The topological polar surface area (TPSA) is 18.1 Å². The minimum absolute atomic E-state index is 0.245. The lowest BCUT2D eigenvalue weighted by molar-refractivity contribution is 0.612. The first-order valence-corrected chi connectivity index (χ1v) is 17.0. The fourth-order valence-electron chi connectivity index (χ4n) is 7.14. The Morgan fingerprint density at radius 1 is 0.581 bits per heavy atom. The highest BCUT2D eigenvalue weighted by molar-refractivity contribution is 7.12. The molecule has 2 heterocycles. The molecule has 43 heavy (non-hydrogen) atoms. The molecule has 0 aliphatic heterocycles. The minimum atomic E-state index is -2.72. The Balaban J connectivity index is 1.37. The summed E-state index contributed by atoms with van der Waals surface area (Å²) in [7, 11) is -2.72. The Morgan fingerprint density at radius 3 is 1.84 bits per heavy atom. The van der Waals surface area contributed by atoms with Gasteiger partial charge in [0.2, 0.25) is 0 Å². The second-order valence-corrected chi connectivity index (χ2v) is 15.3. The van der Waals surface area contributed by atoms with E-state index in [1.54, 1.807) is 0 Å². The molecule has 1 aliphatic rings. The van der Waals surface area contributed by atoms with Crippen LogP contribution in [0, 0.1) is 0 Å². The third-order valence-corrected chi connectivity index (χ3v) is 14.1. The molecule has 0 radical (unpaired) electrons. The van der Waals surface area contributed by atoms with Crippen LogP contribution in [0.2, 0.25) is 5.54 Å². The fraction of sp³-hybridized carbons (Fsp3) is 0.0500. The van der Waals surface area contributed by atoms with Gasteiger partial charge in [0, 0.05) is 22.3 Å². The molecule has 1 unspecified atom stereocenters. The monoisotopic (exact) mass is 569 g/mol. The van der Waals surface area contributed by atoms with Crippen LogP contribution in [0.4, 0.5) is 0 Å². The van der Waals surface area contributed by atoms with Crippen molar-refractivity contribution < 1.29 is 4.42 Å². The number of hydrogen-bond donors (Lipinski definition) is 0. The van der Waals surface area contributed by atoms with Gasteiger partial charge in [0.15, 0.2) is 8.07 Å². The number of allylic oxidation sites excluding steroid dienone is 1. The van der Waals surface area contributed by atoms with E-state index in [0.29, 0.717) is 0 Å². The van der Waals surface area contributed by atoms with Gasteiger partial charge in [-0.25, -0.2) is 0 Å². The Morgan fingerprint density at radius 2 is 1.16 bits per heavy atom. The van der Waals surface area contributed by atoms with Crippen LogP contribution in [0.5, 0.6) is 0 Å². The smallest absolute Gasteiger partial charge is 0.200 e. The van der Waals surface area contributed by atoms with Crippen molar-refractivity contribution in [2.75, 3.05) is 0 Å². The maximum absolute atomic E-state index is 6.97. The normalized spacial score (nSPS) is 14.6. The highest BCUT2D eigenvalue weighted by atomic mass is 28.3. The van der Waals surface area contributed by atoms with Crippen molar-refractivity contribution in [2.45, 2.75) is 12.0 Å². The number of aromatic nitrogens is 1. The summed E-state index contributed by atoms with van der Waals surface area (Å²) in [5.74, 6) is 0.917. The molecular weight excluding hydrogens is 539 g/mol. The maximum atomic E-state index is 6.97. The zero-order chi connectivity index (χ0) is 28.6. The van der Waals surface area contributed by atoms with Gasteiger partial charge in [-0.3, -0.25) is 0 Å². The van der Waals surface area contributed by atoms with Gasteiger partial charge in [-0.05, 0) is 64.3 Å². The van der Waals surface area contributed by atoms with Crippen molar-refractivity contribution in [2.24, 2.45) is 0 Å². The molecule has 8 rings (SSSR count). The molecule has 0 N–H and O–H groups in total. The number of furan rings is 1. The molecule has 0 fully saturated rings. The summed E-state index contributed by atoms with van der Waals surface area (Å²) in [6, 6.07) is 56.7. The molecule has 206 valence electrons. The number of nitrogens with zero attached hydrogens (tertiary/aromatic N) is 1. The lowest BCUT2D eigenvalue weighted by atomic mass is 10.0. The molecule has 0 saturated carbocycles. The molecule has 7 aromatic rings. The van der Waals surface area contributed by atoms with E-state index < -0.39 is 8.07 Å². The summed E-state index contributed by atoms with van der Waals surface area (Å²) >= 11 is 0. The van der Waals surface area contributed by atoms with Crippen molar-refractivity contribution in [3.05, 3.63) is 175 Å². The van der Waals surface area contributed by atoms with Gasteiger partial charge in [0.05, 0.1) is 10.9 Å². The Kier molecular flexibility index (Phi) is 6.31. The van der Waals surface area contributed by atoms with E-state index in [-0.39, 0.29) is 5.54 Å². The third kappa shape index (κ3) is 4.16. The van der Waals surface area contributed by atoms with Crippen molar-refractivity contribution in [3.63, 3.8) is 0 Å². The van der Waals surface area contributed by atoms with Crippen LogP contribution in [-0.2, 0) is 6.42 Å². The van der Waals surface area contributed by atoms with Gasteiger partial charge in [-0.15, -0.1) is 0 Å². The van der Waals surface area contributed by atoms with Gasteiger partial charge in [0.1, 0.15) is 5.76 Å². The Hall–Kier alpha value is -5.12. The fourth-order valence-corrected chi connectivity index (χ4v) is 12.2. The SMILES string of the molecule is C1=CC([Si](c2ccccc2)(c2ccccc2)c2ccc(-c3ccccc3)o2)Cc2c1n(-c1ccccc1)c1ccccc21. The van der Waals surface area contributed by atoms with Gasteiger partial charge < -0.3 is 8.98 Å². The standard InChI is InChI=1S/C40H31NOSi/c1-5-15-30(16-6-1)39-27-28-40(42-39)43(32-19-9-3-10-20-32,33-21-11-4-12-22-33)34-25-26-38-36(29-34)35-23-13-14-24-37(35)41(38)31-17-7-2-8-18-31/h1-28,34H,29H2. The van der Waals surface area contributed by atoms with Crippen molar-refractivity contribution in [3.8, 4) is 17.0 Å². The summed E-state index contributed by atoms with van der Waals surface area (Å²) in [6.45, 7) is 0. The molecule has 2 aromatic heterocycles. The number of rotatable bonds is 6. The van der Waals surface area contributed by atoms with E-state index in [9.17, 15) is 0 Å². The Bertz CT molecular complexity index is 2000. The molecule has 1 aliphatic carbocycles. The molecule has 0 amide bonds. The molecule has 0 spiro atoms. The van der Waals surface area contributed by atoms with E-state index in [1.807, 2.05) is 0 Å². The van der Waals surface area contributed by atoms with Crippen LogP contribution in [0.3, 0.4) is 0 Å². The Labute approximate surface area is 253 Å². The van der Waals surface area contributed by atoms with Gasteiger partial charge >= 0.3 is 0 Å². The molecular formula is C40H31NOSi. The molecule has 0 bridgehead atoms. The molecule has 1 atom stereocenters. The van der Waals surface area contributed by atoms with Gasteiger partial charge in [0.25, 0.3) is 0 Å². The second kappa shape index (κ2) is 10.6. The highest BCUT2D eigenvalue weighted by Gasteiger charge is 2.49. The summed E-state index contributed by atoms with van der Waals surface area (Å²) in [4.78, 5) is 0. The predicted molar refractivity (Wildman–Crippen MR) is 181 cm³/mol. The second-order valence-electron chi connectivity index (χ2n) is 11.3. The lowest BCUT2D eigenvalue weighted by Crippen LogP contribution is -2.69. The summed E-state index contributed by atoms with van der Waals surface area (Å²) < 4.78 is 9.39. The first kappa shape index (κ1) is 25.6. The third-order valence-electron chi connectivity index (χ3n) is 9.01. The average Bonchev–Trinajstić information content (AvgIpc) is 3.71. The summed E-state index contributed by atoms with van der Waals surface area (Å²) in [5, 5.41) is 5.14. The summed E-state index contributed by atoms with van der Waals surface area (Å²) in [5.41, 5.74) is 6.47. The maximum Gasteiger partial charge on any atom is 0.200 e. The van der Waals surface area contributed by atoms with E-state index in [2.05, 4.69) is 174 Å². The number of hydrogen-bond acceptors (Lipinski definition) is 1. The molecule has 5 aromatic carbocycles. The zero-order valence-electron chi connectivity index (χ0n) is 23.8. The number of para-hydroxylation sites is 2. The minimum Gasteiger partial charge on any atom is -0.465 e. The highest BCUT2D eigenvalue weighted by Crippen LogP contribution is 2.40. The number of fused-ring (bicyclic) bond motifs is 3. The van der Waals surface area contributed by atoms with Crippen molar-refractivity contribution in [1.29, 1.82) is 0 Å². The van der Waals surface area contributed by atoms with Gasteiger partial charge in [-0.2, -0.15) is 0 Å². The first-order valence-electron chi connectivity index (χ1n) is 15.0. The first-order chi connectivity index (χ1) is 21.3. The van der Waals surface area contributed by atoms with Crippen LogP contribution < -0.4 is 15.8 Å². The average molecular weight is 570 g/mol. The van der Waals surface area contributed by atoms with E-state index in [1.165, 1.54) is 38.2 Å². The van der Waals surface area contributed by atoms with Crippen molar-refractivity contribution in [1.82, 2.24) is 4.57 Å². The quantitative estimate of drug-likeness (QED) is 0.186. The van der Waals surface area contributed by atoms with Crippen LogP contribution in [0.1, 0.15) is 11.3 Å². The van der Waals surface area contributed by atoms with E-state index in [0.717, 1.165) is 23.1 Å². The van der Waals surface area contributed by atoms with Crippen LogP contribution >= 0.6 is 0 Å². The zero-order valence-corrected chi connectivity index (χ0v) is 24.8. The van der Waals surface area contributed by atoms with Gasteiger partial charge in [-0.1, -0.05) is 133 Å². The summed E-state index contributed by atoms with van der Waals surface area (Å²) in [6.07, 6.45) is 5.80. The lowest BCUT2D eigenvalue weighted by Gasteiger charge is -2.38. The largest absolute Gasteiger partial charge is 0.465 e. The van der Waals surface area contributed by atoms with Crippen LogP contribution in [0.25, 0.3) is 34.0 Å². The number of benzene rings is 5. The van der Waals surface area contributed by atoms with Crippen LogP contribution in [-0.4, -0.2) is 12.6 Å². The molecule has 3 heteroatoms. The molecule has 2 nitrogen and oxygen atoms in total. The van der Waals surface area contributed by atoms with Crippen LogP contribution in [0.15, 0.2) is 168 Å².